The first-order valence-electron chi connectivity index (χ1n) is 5.74. The number of hydrogen-bond acceptors (Lipinski definition) is 4. The van der Waals surface area contributed by atoms with Gasteiger partial charge in [-0.3, -0.25) is 0 Å². The van der Waals surface area contributed by atoms with Gasteiger partial charge in [-0.1, -0.05) is 12.1 Å². The number of hydrogen-bond donors (Lipinski definition) is 1. The van der Waals surface area contributed by atoms with Crippen molar-refractivity contribution < 1.29 is 14.3 Å². The van der Waals surface area contributed by atoms with E-state index in [1.165, 1.54) is 7.11 Å². The van der Waals surface area contributed by atoms with E-state index in [0.717, 1.165) is 25.2 Å². The Morgan fingerprint density at radius 2 is 2.18 bits per heavy atom. The third kappa shape index (κ3) is 2.65. The van der Waals surface area contributed by atoms with Crippen LogP contribution in [0.15, 0.2) is 24.3 Å². The van der Waals surface area contributed by atoms with Gasteiger partial charge in [-0.25, -0.2) is 4.79 Å². The number of ether oxygens (including phenoxy) is 2. The minimum atomic E-state index is -0.325. The molecule has 2 atom stereocenters. The van der Waals surface area contributed by atoms with Crippen LogP contribution in [0.25, 0.3) is 0 Å². The van der Waals surface area contributed by atoms with E-state index in [1.54, 1.807) is 12.1 Å². The van der Waals surface area contributed by atoms with E-state index in [0.29, 0.717) is 11.5 Å². The number of carbonyl (C=O) groups is 1. The quantitative estimate of drug-likeness (QED) is 0.807. The van der Waals surface area contributed by atoms with Crippen molar-refractivity contribution in [2.75, 3.05) is 20.3 Å². The Balaban J connectivity index is 2.09. The van der Waals surface area contributed by atoms with Crippen LogP contribution in [0.5, 0.6) is 0 Å². The molecule has 4 heteroatoms. The summed E-state index contributed by atoms with van der Waals surface area (Å²) in [6.07, 6.45) is 1.000. The fraction of sp³-hybridized carbons (Fsp3) is 0.462. The number of esters is 1. The summed E-state index contributed by atoms with van der Waals surface area (Å²) in [4.78, 5) is 11.3. The lowest BCUT2D eigenvalue weighted by atomic mass is 9.93. The molecule has 1 heterocycles. The predicted molar refractivity (Wildman–Crippen MR) is 63.6 cm³/mol. The monoisotopic (exact) mass is 235 g/mol. The minimum Gasteiger partial charge on any atom is -0.465 e. The smallest absolute Gasteiger partial charge is 0.337 e. The van der Waals surface area contributed by atoms with Crippen molar-refractivity contribution in [3.63, 3.8) is 0 Å². The summed E-state index contributed by atoms with van der Waals surface area (Å²) in [5.41, 5.74) is 7.75. The van der Waals surface area contributed by atoms with Gasteiger partial charge in [0.05, 0.1) is 19.3 Å². The van der Waals surface area contributed by atoms with Crippen molar-refractivity contribution in [1.29, 1.82) is 0 Å². The van der Waals surface area contributed by atoms with E-state index < -0.39 is 0 Å². The molecule has 2 unspecified atom stereocenters. The highest BCUT2D eigenvalue weighted by atomic mass is 16.5. The standard InChI is InChI=1S/C13H17NO3/c1-16-13(15)10-4-2-9(3-5-10)12(14)11-6-7-17-8-11/h2-5,11-12H,6-8,14H2,1H3. The lowest BCUT2D eigenvalue weighted by molar-refractivity contribution is 0.0600. The van der Waals surface area contributed by atoms with Crippen molar-refractivity contribution in [2.45, 2.75) is 12.5 Å². The Morgan fingerprint density at radius 3 is 2.71 bits per heavy atom. The maximum Gasteiger partial charge on any atom is 0.337 e. The molecule has 0 bridgehead atoms. The highest BCUT2D eigenvalue weighted by Gasteiger charge is 2.24. The van der Waals surface area contributed by atoms with Gasteiger partial charge in [0.25, 0.3) is 0 Å². The molecule has 1 aromatic carbocycles. The molecule has 1 saturated heterocycles. The van der Waals surface area contributed by atoms with Crippen molar-refractivity contribution in [1.82, 2.24) is 0 Å². The molecule has 92 valence electrons. The van der Waals surface area contributed by atoms with Crippen LogP contribution in [0.3, 0.4) is 0 Å². The van der Waals surface area contributed by atoms with E-state index in [1.807, 2.05) is 12.1 Å². The van der Waals surface area contributed by atoms with E-state index in [9.17, 15) is 4.79 Å². The molecule has 0 aromatic heterocycles. The Labute approximate surface area is 101 Å². The zero-order valence-corrected chi connectivity index (χ0v) is 9.89. The lowest BCUT2D eigenvalue weighted by Gasteiger charge is -2.18. The van der Waals surface area contributed by atoms with Crippen LogP contribution >= 0.6 is 0 Å². The lowest BCUT2D eigenvalue weighted by Crippen LogP contribution is -2.21. The van der Waals surface area contributed by atoms with E-state index >= 15 is 0 Å². The normalized spacial score (nSPS) is 21.2. The minimum absolute atomic E-state index is 0.0239. The number of methoxy groups -OCH3 is 1. The Kier molecular flexibility index (Phi) is 3.76. The summed E-state index contributed by atoms with van der Waals surface area (Å²) >= 11 is 0. The van der Waals surface area contributed by atoms with E-state index in [2.05, 4.69) is 4.74 Å². The molecule has 0 radical (unpaired) electrons. The maximum atomic E-state index is 11.3. The van der Waals surface area contributed by atoms with Gasteiger partial charge in [0.2, 0.25) is 0 Å². The van der Waals surface area contributed by atoms with Gasteiger partial charge in [-0.2, -0.15) is 0 Å². The molecule has 1 fully saturated rings. The summed E-state index contributed by atoms with van der Waals surface area (Å²) in [6, 6.07) is 7.24. The predicted octanol–water partition coefficient (Wildman–Crippen LogP) is 1.51. The molecule has 0 aliphatic carbocycles. The number of carbonyl (C=O) groups excluding carboxylic acids is 1. The Bertz CT molecular complexity index is 382. The zero-order valence-electron chi connectivity index (χ0n) is 9.89. The summed E-state index contributed by atoms with van der Waals surface area (Å²) < 4.78 is 9.97. The van der Waals surface area contributed by atoms with Gasteiger partial charge >= 0.3 is 5.97 Å². The van der Waals surface area contributed by atoms with Crippen LogP contribution in [0.1, 0.15) is 28.4 Å². The van der Waals surface area contributed by atoms with Gasteiger partial charge in [-0.15, -0.1) is 0 Å². The Morgan fingerprint density at radius 1 is 1.47 bits per heavy atom. The van der Waals surface area contributed by atoms with Crippen LogP contribution in [0, 0.1) is 5.92 Å². The van der Waals surface area contributed by atoms with Crippen molar-refractivity contribution in [3.8, 4) is 0 Å². The first kappa shape index (κ1) is 12.1. The summed E-state index contributed by atoms with van der Waals surface area (Å²) in [7, 11) is 1.37. The fourth-order valence-corrected chi connectivity index (χ4v) is 2.07. The topological polar surface area (TPSA) is 61.5 Å². The van der Waals surface area contributed by atoms with Gasteiger partial charge in [0.1, 0.15) is 0 Å². The second kappa shape index (κ2) is 5.29. The second-order valence-corrected chi connectivity index (χ2v) is 4.26. The average Bonchev–Trinajstić information content (AvgIpc) is 2.91. The second-order valence-electron chi connectivity index (χ2n) is 4.26. The largest absolute Gasteiger partial charge is 0.465 e. The molecule has 4 nitrogen and oxygen atoms in total. The van der Waals surface area contributed by atoms with Gasteiger partial charge in [0.15, 0.2) is 0 Å². The van der Waals surface area contributed by atoms with E-state index in [-0.39, 0.29) is 12.0 Å². The number of rotatable bonds is 3. The molecular weight excluding hydrogens is 218 g/mol. The third-order valence-corrected chi connectivity index (χ3v) is 3.19. The maximum absolute atomic E-state index is 11.3. The van der Waals surface area contributed by atoms with Gasteiger partial charge < -0.3 is 15.2 Å². The molecule has 1 aliphatic rings. The van der Waals surface area contributed by atoms with Crippen LogP contribution in [-0.2, 0) is 9.47 Å². The number of benzene rings is 1. The molecule has 2 N–H and O–H groups in total. The molecule has 1 aliphatic heterocycles. The van der Waals surface area contributed by atoms with Crippen LogP contribution < -0.4 is 5.73 Å². The molecule has 17 heavy (non-hydrogen) atoms. The molecular formula is C13H17NO3. The van der Waals surface area contributed by atoms with Crippen molar-refractivity contribution in [2.24, 2.45) is 11.7 Å². The van der Waals surface area contributed by atoms with Crippen LogP contribution in [0.4, 0.5) is 0 Å². The molecule has 2 rings (SSSR count). The summed E-state index contributed by atoms with van der Waals surface area (Å²) in [6.45, 7) is 1.51. The molecule has 0 saturated carbocycles. The average molecular weight is 235 g/mol. The third-order valence-electron chi connectivity index (χ3n) is 3.19. The first-order valence-corrected chi connectivity index (χ1v) is 5.74. The fourth-order valence-electron chi connectivity index (χ4n) is 2.07. The van der Waals surface area contributed by atoms with Crippen LogP contribution in [-0.4, -0.2) is 26.3 Å². The Hall–Kier alpha value is -1.39. The number of nitrogens with two attached hydrogens (primary N) is 1. The first-order chi connectivity index (χ1) is 8.22. The molecule has 0 spiro atoms. The van der Waals surface area contributed by atoms with Crippen LogP contribution in [0.2, 0.25) is 0 Å². The highest BCUT2D eigenvalue weighted by molar-refractivity contribution is 5.89. The van der Waals surface area contributed by atoms with E-state index in [4.69, 9.17) is 10.5 Å². The van der Waals surface area contributed by atoms with Crippen molar-refractivity contribution in [3.05, 3.63) is 35.4 Å². The highest BCUT2D eigenvalue weighted by Crippen LogP contribution is 2.26. The SMILES string of the molecule is COC(=O)c1ccc(C(N)C2CCOC2)cc1. The van der Waals surface area contributed by atoms with Gasteiger partial charge in [0, 0.05) is 18.6 Å². The summed E-state index contributed by atoms with van der Waals surface area (Å²) in [5, 5.41) is 0. The molecule has 1 aromatic rings. The molecule has 0 amide bonds. The van der Waals surface area contributed by atoms with Gasteiger partial charge in [-0.05, 0) is 24.1 Å². The summed E-state index contributed by atoms with van der Waals surface area (Å²) in [5.74, 6) is 0.0493. The van der Waals surface area contributed by atoms with Crippen molar-refractivity contribution >= 4 is 5.97 Å². The zero-order chi connectivity index (χ0) is 12.3.